The van der Waals surface area contributed by atoms with Crippen molar-refractivity contribution in [2.75, 3.05) is 0 Å². The molecule has 2 nitrogen and oxygen atoms in total. The van der Waals surface area contributed by atoms with E-state index in [1.165, 1.54) is 0 Å². The van der Waals surface area contributed by atoms with Crippen molar-refractivity contribution >= 4 is 15.9 Å². The molecule has 0 heterocycles. The number of aromatic hydroxyl groups is 1. The largest absolute Gasteiger partial charge is 0.507 e. The number of rotatable bonds is 5. The van der Waals surface area contributed by atoms with Crippen molar-refractivity contribution in [3.05, 3.63) is 28.2 Å². The van der Waals surface area contributed by atoms with Gasteiger partial charge in [0.05, 0.1) is 10.6 Å². The number of aliphatic hydroxyl groups excluding tert-OH is 1. The van der Waals surface area contributed by atoms with Crippen molar-refractivity contribution in [1.29, 1.82) is 0 Å². The molecule has 0 aliphatic carbocycles. The van der Waals surface area contributed by atoms with Gasteiger partial charge in [0.15, 0.2) is 0 Å². The maximum atomic E-state index is 9.74. The first-order chi connectivity index (χ1) is 7.49. The monoisotopic (exact) mass is 286 g/mol. The Labute approximate surface area is 105 Å². The van der Waals surface area contributed by atoms with Gasteiger partial charge < -0.3 is 10.2 Å². The van der Waals surface area contributed by atoms with Crippen LogP contribution < -0.4 is 0 Å². The molecule has 0 aromatic heterocycles. The van der Waals surface area contributed by atoms with Gasteiger partial charge in [0, 0.05) is 0 Å². The van der Waals surface area contributed by atoms with E-state index in [4.69, 9.17) is 0 Å². The molecule has 1 atom stereocenters. The van der Waals surface area contributed by atoms with Crippen LogP contribution in [0.5, 0.6) is 5.75 Å². The maximum absolute atomic E-state index is 9.74. The SMILES string of the molecule is CC(C)CC(O)CCc1ccc(O)c(Br)c1. The molecule has 0 amide bonds. The third kappa shape index (κ3) is 4.54. The van der Waals surface area contributed by atoms with Crippen LogP contribution in [-0.4, -0.2) is 16.3 Å². The Hall–Kier alpha value is -0.540. The van der Waals surface area contributed by atoms with Crippen molar-refractivity contribution in [2.45, 2.75) is 39.2 Å². The Morgan fingerprint density at radius 1 is 1.31 bits per heavy atom. The van der Waals surface area contributed by atoms with Crippen LogP contribution in [0.2, 0.25) is 0 Å². The number of hydrogen-bond donors (Lipinski definition) is 2. The first kappa shape index (κ1) is 13.5. The van der Waals surface area contributed by atoms with Crippen LogP contribution in [0, 0.1) is 5.92 Å². The predicted molar refractivity (Wildman–Crippen MR) is 69.6 cm³/mol. The molecule has 3 heteroatoms. The first-order valence-corrected chi connectivity index (χ1v) is 6.43. The van der Waals surface area contributed by atoms with Crippen molar-refractivity contribution in [3.8, 4) is 5.75 Å². The molecule has 0 fully saturated rings. The lowest BCUT2D eigenvalue weighted by Gasteiger charge is -2.12. The van der Waals surface area contributed by atoms with Gasteiger partial charge in [-0.1, -0.05) is 19.9 Å². The zero-order valence-corrected chi connectivity index (χ0v) is 11.4. The molecule has 0 aliphatic heterocycles. The van der Waals surface area contributed by atoms with Crippen LogP contribution in [0.15, 0.2) is 22.7 Å². The lowest BCUT2D eigenvalue weighted by molar-refractivity contribution is 0.140. The summed E-state index contributed by atoms with van der Waals surface area (Å²) in [5.41, 5.74) is 1.13. The van der Waals surface area contributed by atoms with Crippen molar-refractivity contribution < 1.29 is 10.2 Å². The Bertz CT molecular complexity index is 337. The highest BCUT2D eigenvalue weighted by Crippen LogP contribution is 2.25. The molecule has 0 radical (unpaired) electrons. The average Bonchev–Trinajstić information content (AvgIpc) is 2.19. The van der Waals surface area contributed by atoms with Crippen LogP contribution in [0.1, 0.15) is 32.3 Å². The third-order valence-electron chi connectivity index (χ3n) is 2.52. The predicted octanol–water partition coefficient (Wildman–Crippen LogP) is 3.49. The summed E-state index contributed by atoms with van der Waals surface area (Å²) in [6, 6.07) is 5.47. The normalized spacial score (nSPS) is 13.1. The van der Waals surface area contributed by atoms with Gasteiger partial charge in [-0.05, 0) is 58.8 Å². The fourth-order valence-electron chi connectivity index (χ4n) is 1.70. The standard InChI is InChI=1S/C13H19BrO2/c1-9(2)7-11(15)5-3-10-4-6-13(16)12(14)8-10/h4,6,8-9,11,15-16H,3,5,7H2,1-2H3. The van der Waals surface area contributed by atoms with Gasteiger partial charge in [0.2, 0.25) is 0 Å². The number of halogens is 1. The molecule has 90 valence electrons. The van der Waals surface area contributed by atoms with E-state index in [2.05, 4.69) is 29.8 Å². The molecule has 1 aromatic carbocycles. The van der Waals surface area contributed by atoms with Crippen molar-refractivity contribution in [1.82, 2.24) is 0 Å². The fourth-order valence-corrected chi connectivity index (χ4v) is 2.13. The summed E-state index contributed by atoms with van der Waals surface area (Å²) < 4.78 is 0.711. The summed E-state index contributed by atoms with van der Waals surface area (Å²) in [5, 5.41) is 19.1. The second-order valence-electron chi connectivity index (χ2n) is 4.61. The maximum Gasteiger partial charge on any atom is 0.129 e. The summed E-state index contributed by atoms with van der Waals surface area (Å²) in [6.07, 6.45) is 2.23. The molecular formula is C13H19BrO2. The third-order valence-corrected chi connectivity index (χ3v) is 3.16. The average molecular weight is 287 g/mol. The van der Waals surface area contributed by atoms with Crippen LogP contribution in [0.25, 0.3) is 0 Å². The molecule has 0 aliphatic rings. The summed E-state index contributed by atoms with van der Waals surface area (Å²) in [6.45, 7) is 4.22. The van der Waals surface area contributed by atoms with E-state index in [0.29, 0.717) is 10.4 Å². The molecular weight excluding hydrogens is 268 g/mol. The topological polar surface area (TPSA) is 40.5 Å². The van der Waals surface area contributed by atoms with Crippen LogP contribution in [0.4, 0.5) is 0 Å². The molecule has 0 saturated heterocycles. The molecule has 2 N–H and O–H groups in total. The molecule has 0 saturated carbocycles. The lowest BCUT2D eigenvalue weighted by Crippen LogP contribution is -2.11. The van der Waals surface area contributed by atoms with Gasteiger partial charge in [-0.3, -0.25) is 0 Å². The molecule has 0 spiro atoms. The summed E-state index contributed by atoms with van der Waals surface area (Å²) in [5.74, 6) is 0.785. The smallest absolute Gasteiger partial charge is 0.129 e. The highest BCUT2D eigenvalue weighted by atomic mass is 79.9. The number of phenolic OH excluding ortho intramolecular Hbond substituents is 1. The Kier molecular flexibility index (Phi) is 5.29. The zero-order valence-electron chi connectivity index (χ0n) is 9.78. The van der Waals surface area contributed by atoms with Gasteiger partial charge in [0.25, 0.3) is 0 Å². The van der Waals surface area contributed by atoms with E-state index in [9.17, 15) is 10.2 Å². The zero-order chi connectivity index (χ0) is 12.1. The number of benzene rings is 1. The number of hydrogen-bond acceptors (Lipinski definition) is 2. The Morgan fingerprint density at radius 2 is 2.00 bits per heavy atom. The minimum Gasteiger partial charge on any atom is -0.507 e. The van der Waals surface area contributed by atoms with E-state index in [0.717, 1.165) is 24.8 Å². The summed E-state index contributed by atoms with van der Waals surface area (Å²) in [7, 11) is 0. The van der Waals surface area contributed by atoms with Crippen LogP contribution in [-0.2, 0) is 6.42 Å². The lowest BCUT2D eigenvalue weighted by atomic mass is 10.00. The molecule has 0 bridgehead atoms. The summed E-state index contributed by atoms with van der Waals surface area (Å²) >= 11 is 3.28. The van der Waals surface area contributed by atoms with Crippen LogP contribution >= 0.6 is 15.9 Å². The van der Waals surface area contributed by atoms with Gasteiger partial charge >= 0.3 is 0 Å². The Morgan fingerprint density at radius 3 is 2.56 bits per heavy atom. The highest BCUT2D eigenvalue weighted by Gasteiger charge is 2.07. The fraction of sp³-hybridized carbons (Fsp3) is 0.538. The second kappa shape index (κ2) is 6.26. The number of phenols is 1. The van der Waals surface area contributed by atoms with E-state index >= 15 is 0 Å². The second-order valence-corrected chi connectivity index (χ2v) is 5.46. The molecule has 1 rings (SSSR count). The van der Waals surface area contributed by atoms with Gasteiger partial charge in [-0.25, -0.2) is 0 Å². The molecule has 1 aromatic rings. The minimum atomic E-state index is -0.229. The Balaban J connectivity index is 2.45. The number of aryl methyl sites for hydroxylation is 1. The van der Waals surface area contributed by atoms with Gasteiger partial charge in [0.1, 0.15) is 5.75 Å². The molecule has 1 unspecified atom stereocenters. The minimum absolute atomic E-state index is 0.229. The number of aliphatic hydroxyl groups is 1. The van der Waals surface area contributed by atoms with Gasteiger partial charge in [-0.2, -0.15) is 0 Å². The van der Waals surface area contributed by atoms with Crippen LogP contribution in [0.3, 0.4) is 0 Å². The quantitative estimate of drug-likeness (QED) is 0.870. The van der Waals surface area contributed by atoms with Gasteiger partial charge in [-0.15, -0.1) is 0 Å². The van der Waals surface area contributed by atoms with Crippen molar-refractivity contribution in [3.63, 3.8) is 0 Å². The van der Waals surface area contributed by atoms with E-state index in [-0.39, 0.29) is 11.9 Å². The summed E-state index contributed by atoms with van der Waals surface area (Å²) in [4.78, 5) is 0. The first-order valence-electron chi connectivity index (χ1n) is 5.64. The van der Waals surface area contributed by atoms with Crippen molar-refractivity contribution in [2.24, 2.45) is 5.92 Å². The molecule has 16 heavy (non-hydrogen) atoms. The van der Waals surface area contributed by atoms with E-state index in [1.54, 1.807) is 6.07 Å². The van der Waals surface area contributed by atoms with E-state index in [1.807, 2.05) is 12.1 Å². The highest BCUT2D eigenvalue weighted by molar-refractivity contribution is 9.10. The van der Waals surface area contributed by atoms with E-state index < -0.39 is 0 Å².